The van der Waals surface area contributed by atoms with Crippen molar-refractivity contribution in [3.8, 4) is 11.5 Å². The lowest BCUT2D eigenvalue weighted by Gasteiger charge is -2.39. The van der Waals surface area contributed by atoms with Gasteiger partial charge in [0.15, 0.2) is 5.82 Å². The fraction of sp³-hybridized carbons (Fsp3) is 0.500. The van der Waals surface area contributed by atoms with Gasteiger partial charge in [-0.15, -0.1) is 0 Å². The average molecular weight is 367 g/mol. The van der Waals surface area contributed by atoms with Crippen LogP contribution in [0.2, 0.25) is 0 Å². The van der Waals surface area contributed by atoms with Crippen molar-refractivity contribution in [3.05, 3.63) is 36.2 Å². The second-order valence-corrected chi connectivity index (χ2v) is 7.05. The first kappa shape index (κ1) is 17.9. The van der Waals surface area contributed by atoms with E-state index >= 15 is 0 Å². The number of morpholine rings is 1. The third-order valence-electron chi connectivity index (χ3n) is 5.14. The SMILES string of the molecule is Cc1cc(N2CCCC[C@@H]2C(=O)N2CCOCC2)nc(-c2ccccn2)n1. The van der Waals surface area contributed by atoms with Gasteiger partial charge in [0.05, 0.1) is 13.2 Å². The van der Waals surface area contributed by atoms with Gasteiger partial charge in [0.25, 0.3) is 0 Å². The van der Waals surface area contributed by atoms with Gasteiger partial charge >= 0.3 is 0 Å². The summed E-state index contributed by atoms with van der Waals surface area (Å²) in [5, 5.41) is 0. The Morgan fingerprint density at radius 2 is 2.00 bits per heavy atom. The zero-order valence-electron chi connectivity index (χ0n) is 15.7. The molecule has 0 bridgehead atoms. The topological polar surface area (TPSA) is 71.5 Å². The van der Waals surface area contributed by atoms with Gasteiger partial charge in [0.1, 0.15) is 17.6 Å². The molecule has 0 spiro atoms. The molecule has 0 aliphatic carbocycles. The van der Waals surface area contributed by atoms with Crippen molar-refractivity contribution >= 4 is 11.7 Å². The van der Waals surface area contributed by atoms with Gasteiger partial charge in [0, 0.05) is 37.6 Å². The summed E-state index contributed by atoms with van der Waals surface area (Å²) in [6, 6.07) is 7.52. The zero-order chi connectivity index (χ0) is 18.6. The lowest BCUT2D eigenvalue weighted by molar-refractivity contribution is -0.137. The Morgan fingerprint density at radius 1 is 1.15 bits per heavy atom. The summed E-state index contributed by atoms with van der Waals surface area (Å²) >= 11 is 0. The van der Waals surface area contributed by atoms with Crippen LogP contribution in [0.1, 0.15) is 25.0 Å². The first-order valence-corrected chi connectivity index (χ1v) is 9.62. The molecule has 142 valence electrons. The average Bonchev–Trinajstić information content (AvgIpc) is 2.74. The van der Waals surface area contributed by atoms with E-state index in [9.17, 15) is 4.79 Å². The molecule has 2 aromatic heterocycles. The Balaban J connectivity index is 1.63. The molecule has 1 atom stereocenters. The van der Waals surface area contributed by atoms with Crippen molar-refractivity contribution in [2.24, 2.45) is 0 Å². The maximum absolute atomic E-state index is 13.1. The van der Waals surface area contributed by atoms with Crippen LogP contribution in [0.15, 0.2) is 30.5 Å². The Morgan fingerprint density at radius 3 is 2.78 bits per heavy atom. The Labute approximate surface area is 159 Å². The lowest BCUT2D eigenvalue weighted by Crippen LogP contribution is -2.53. The molecular weight excluding hydrogens is 342 g/mol. The van der Waals surface area contributed by atoms with E-state index in [4.69, 9.17) is 9.72 Å². The number of hydrogen-bond acceptors (Lipinski definition) is 6. The largest absolute Gasteiger partial charge is 0.378 e. The molecular formula is C20H25N5O2. The summed E-state index contributed by atoms with van der Waals surface area (Å²) in [4.78, 5) is 30.9. The molecule has 0 N–H and O–H groups in total. The maximum atomic E-state index is 13.1. The van der Waals surface area contributed by atoms with Crippen molar-refractivity contribution in [1.29, 1.82) is 0 Å². The molecule has 0 radical (unpaired) electrons. The van der Waals surface area contributed by atoms with Gasteiger partial charge in [-0.25, -0.2) is 9.97 Å². The highest BCUT2D eigenvalue weighted by molar-refractivity contribution is 5.85. The summed E-state index contributed by atoms with van der Waals surface area (Å²) in [7, 11) is 0. The third-order valence-corrected chi connectivity index (χ3v) is 5.14. The van der Waals surface area contributed by atoms with Crippen LogP contribution in [0.25, 0.3) is 11.5 Å². The van der Waals surface area contributed by atoms with Crippen molar-refractivity contribution in [3.63, 3.8) is 0 Å². The number of rotatable bonds is 3. The van der Waals surface area contributed by atoms with Gasteiger partial charge in [0.2, 0.25) is 5.91 Å². The van der Waals surface area contributed by atoms with E-state index < -0.39 is 0 Å². The molecule has 4 heterocycles. The highest BCUT2D eigenvalue weighted by Gasteiger charge is 2.33. The number of hydrogen-bond donors (Lipinski definition) is 0. The van der Waals surface area contributed by atoms with Gasteiger partial charge in [-0.05, 0) is 38.3 Å². The molecule has 2 aromatic rings. The van der Waals surface area contributed by atoms with Crippen LogP contribution in [-0.2, 0) is 9.53 Å². The number of nitrogens with zero attached hydrogens (tertiary/aromatic N) is 5. The number of aryl methyl sites for hydroxylation is 1. The Kier molecular flexibility index (Phi) is 5.29. The van der Waals surface area contributed by atoms with Crippen LogP contribution in [0.4, 0.5) is 5.82 Å². The molecule has 0 unspecified atom stereocenters. The minimum Gasteiger partial charge on any atom is -0.378 e. The number of carbonyl (C=O) groups is 1. The Bertz CT molecular complexity index is 792. The normalized spacial score (nSPS) is 20.6. The molecule has 2 saturated heterocycles. The summed E-state index contributed by atoms with van der Waals surface area (Å²) in [5.41, 5.74) is 1.62. The van der Waals surface area contributed by atoms with Crippen LogP contribution in [0.5, 0.6) is 0 Å². The van der Waals surface area contributed by atoms with E-state index in [2.05, 4.69) is 14.9 Å². The monoisotopic (exact) mass is 367 g/mol. The predicted molar refractivity (Wildman–Crippen MR) is 102 cm³/mol. The van der Waals surface area contributed by atoms with E-state index in [-0.39, 0.29) is 11.9 Å². The van der Waals surface area contributed by atoms with Crippen molar-refractivity contribution in [1.82, 2.24) is 19.9 Å². The van der Waals surface area contributed by atoms with Gasteiger partial charge in [-0.2, -0.15) is 0 Å². The number of anilines is 1. The molecule has 4 rings (SSSR count). The van der Waals surface area contributed by atoms with E-state index in [1.54, 1.807) is 6.20 Å². The quantitative estimate of drug-likeness (QED) is 0.827. The van der Waals surface area contributed by atoms with Crippen LogP contribution >= 0.6 is 0 Å². The number of aromatic nitrogens is 3. The summed E-state index contributed by atoms with van der Waals surface area (Å²) in [6.07, 6.45) is 4.73. The van der Waals surface area contributed by atoms with Crippen LogP contribution in [0, 0.1) is 6.92 Å². The first-order valence-electron chi connectivity index (χ1n) is 9.62. The highest BCUT2D eigenvalue weighted by atomic mass is 16.5. The van der Waals surface area contributed by atoms with E-state index in [1.165, 1.54) is 0 Å². The standard InChI is InChI=1S/C20H25N5O2/c1-15-14-18(23-19(22-15)16-6-2-4-8-21-16)25-9-5-3-7-17(25)20(26)24-10-12-27-13-11-24/h2,4,6,8,14,17H,3,5,7,9-13H2,1H3/t17-/m1/s1. The van der Waals surface area contributed by atoms with Crippen molar-refractivity contribution < 1.29 is 9.53 Å². The molecule has 0 aromatic carbocycles. The predicted octanol–water partition coefficient (Wildman–Crippen LogP) is 2.06. The molecule has 7 nitrogen and oxygen atoms in total. The smallest absolute Gasteiger partial charge is 0.245 e. The summed E-state index contributed by atoms with van der Waals surface area (Å²) in [5.74, 6) is 1.61. The molecule has 7 heteroatoms. The first-order chi connectivity index (χ1) is 13.2. The van der Waals surface area contributed by atoms with Crippen LogP contribution < -0.4 is 4.90 Å². The number of pyridine rings is 1. The molecule has 27 heavy (non-hydrogen) atoms. The van der Waals surface area contributed by atoms with Gasteiger partial charge in [-0.1, -0.05) is 6.07 Å². The van der Waals surface area contributed by atoms with Gasteiger partial charge in [-0.3, -0.25) is 9.78 Å². The zero-order valence-corrected chi connectivity index (χ0v) is 15.7. The van der Waals surface area contributed by atoms with E-state index in [0.717, 1.165) is 43.0 Å². The van der Waals surface area contributed by atoms with E-state index in [0.29, 0.717) is 32.1 Å². The van der Waals surface area contributed by atoms with E-state index in [1.807, 2.05) is 36.1 Å². The summed E-state index contributed by atoms with van der Waals surface area (Å²) in [6.45, 7) is 5.37. The molecule has 2 fully saturated rings. The highest BCUT2D eigenvalue weighted by Crippen LogP contribution is 2.27. The molecule has 1 amide bonds. The fourth-order valence-electron chi connectivity index (χ4n) is 3.77. The lowest BCUT2D eigenvalue weighted by atomic mass is 10.0. The minimum atomic E-state index is -0.164. The third kappa shape index (κ3) is 3.93. The second-order valence-electron chi connectivity index (χ2n) is 7.05. The van der Waals surface area contributed by atoms with Crippen LogP contribution in [-0.4, -0.2) is 64.6 Å². The number of piperidine rings is 1. The molecule has 2 aliphatic rings. The van der Waals surface area contributed by atoms with Crippen molar-refractivity contribution in [2.45, 2.75) is 32.2 Å². The Hall–Kier alpha value is -2.54. The fourth-order valence-corrected chi connectivity index (χ4v) is 3.77. The second kappa shape index (κ2) is 8.00. The summed E-state index contributed by atoms with van der Waals surface area (Å²) < 4.78 is 5.39. The molecule has 0 saturated carbocycles. The minimum absolute atomic E-state index is 0.164. The number of carbonyl (C=O) groups excluding carboxylic acids is 1. The van der Waals surface area contributed by atoms with Gasteiger partial charge < -0.3 is 14.5 Å². The van der Waals surface area contributed by atoms with Crippen molar-refractivity contribution in [2.75, 3.05) is 37.7 Å². The number of ether oxygens (including phenoxy) is 1. The maximum Gasteiger partial charge on any atom is 0.245 e. The molecule has 2 aliphatic heterocycles. The van der Waals surface area contributed by atoms with Crippen LogP contribution in [0.3, 0.4) is 0 Å². The number of amides is 1.